The molecule has 0 aliphatic rings. The zero-order valence-electron chi connectivity index (χ0n) is 18.4. The summed E-state index contributed by atoms with van der Waals surface area (Å²) in [6.07, 6.45) is 5.12. The van der Waals surface area contributed by atoms with Gasteiger partial charge in [0.2, 0.25) is 0 Å². The standard InChI is InChI=1S/C23H22ClFN6OS/c1-15-16(13-30(3)28-15)12-29(2)22(32)21-11-27-23(31(21)18-8-6-17(25)7-9-18)33-14-20-19(24)5-4-10-26-20/h4-11,13H,12,14H2,1-3H3. The Labute approximate surface area is 200 Å². The van der Waals surface area contributed by atoms with Crippen LogP contribution in [0.25, 0.3) is 5.69 Å². The molecule has 10 heteroatoms. The maximum Gasteiger partial charge on any atom is 0.272 e. The van der Waals surface area contributed by atoms with Crippen LogP contribution in [-0.4, -0.2) is 42.2 Å². The number of benzene rings is 1. The molecule has 4 aromatic rings. The van der Waals surface area contributed by atoms with Gasteiger partial charge in [0.1, 0.15) is 11.5 Å². The van der Waals surface area contributed by atoms with Crippen molar-refractivity contribution in [2.75, 3.05) is 7.05 Å². The number of rotatable bonds is 7. The predicted molar refractivity (Wildman–Crippen MR) is 126 cm³/mol. The van der Waals surface area contributed by atoms with Crippen LogP contribution in [0.15, 0.2) is 60.1 Å². The van der Waals surface area contributed by atoms with Crippen LogP contribution in [0.4, 0.5) is 4.39 Å². The summed E-state index contributed by atoms with van der Waals surface area (Å²) < 4.78 is 17.0. The van der Waals surface area contributed by atoms with Gasteiger partial charge >= 0.3 is 0 Å². The first-order chi connectivity index (χ1) is 15.8. The molecule has 1 amide bonds. The summed E-state index contributed by atoms with van der Waals surface area (Å²) in [7, 11) is 3.58. The van der Waals surface area contributed by atoms with Crippen molar-refractivity contribution in [3.63, 3.8) is 0 Å². The van der Waals surface area contributed by atoms with Gasteiger partial charge in [0.15, 0.2) is 5.16 Å². The monoisotopic (exact) mass is 484 g/mol. The lowest BCUT2D eigenvalue weighted by Gasteiger charge is -2.18. The van der Waals surface area contributed by atoms with Crippen LogP contribution in [0.1, 0.15) is 27.4 Å². The molecule has 170 valence electrons. The van der Waals surface area contributed by atoms with E-state index in [-0.39, 0.29) is 11.7 Å². The predicted octanol–water partition coefficient (Wildman–Crippen LogP) is 4.67. The molecule has 0 atom stereocenters. The maximum absolute atomic E-state index is 13.6. The molecular weight excluding hydrogens is 463 g/mol. The van der Waals surface area contributed by atoms with Crippen LogP contribution < -0.4 is 0 Å². The van der Waals surface area contributed by atoms with Crippen molar-refractivity contribution < 1.29 is 9.18 Å². The van der Waals surface area contributed by atoms with Crippen molar-refractivity contribution in [3.05, 3.63) is 88.5 Å². The third kappa shape index (κ3) is 5.09. The van der Waals surface area contributed by atoms with E-state index >= 15 is 0 Å². The molecule has 4 rings (SSSR count). The second kappa shape index (κ2) is 9.76. The summed E-state index contributed by atoms with van der Waals surface area (Å²) in [6, 6.07) is 9.51. The minimum absolute atomic E-state index is 0.210. The number of pyridine rings is 1. The van der Waals surface area contributed by atoms with Gasteiger partial charge < -0.3 is 4.90 Å². The topological polar surface area (TPSA) is 68.8 Å². The molecule has 0 saturated heterocycles. The van der Waals surface area contributed by atoms with Crippen LogP contribution >= 0.6 is 23.4 Å². The molecule has 7 nitrogen and oxygen atoms in total. The molecule has 0 aliphatic heterocycles. The van der Waals surface area contributed by atoms with E-state index in [1.807, 2.05) is 20.2 Å². The van der Waals surface area contributed by atoms with Crippen molar-refractivity contribution in [3.8, 4) is 5.69 Å². The van der Waals surface area contributed by atoms with Crippen LogP contribution in [-0.2, 0) is 19.3 Å². The maximum atomic E-state index is 13.6. The molecule has 0 aliphatic carbocycles. The summed E-state index contributed by atoms with van der Waals surface area (Å²) >= 11 is 7.64. The van der Waals surface area contributed by atoms with Crippen molar-refractivity contribution in [2.45, 2.75) is 24.4 Å². The second-order valence-corrected chi connectivity index (χ2v) is 8.88. The fraction of sp³-hybridized carbons (Fsp3) is 0.217. The minimum Gasteiger partial charge on any atom is -0.336 e. The zero-order valence-corrected chi connectivity index (χ0v) is 19.9. The highest BCUT2D eigenvalue weighted by Crippen LogP contribution is 2.28. The first-order valence-electron chi connectivity index (χ1n) is 10.1. The lowest BCUT2D eigenvalue weighted by Crippen LogP contribution is -2.28. The number of aryl methyl sites for hydroxylation is 2. The summed E-state index contributed by atoms with van der Waals surface area (Å²) in [5.74, 6) is -0.0980. The Morgan fingerprint density at radius 2 is 1.97 bits per heavy atom. The van der Waals surface area contributed by atoms with Crippen LogP contribution in [0.5, 0.6) is 0 Å². The average molecular weight is 485 g/mol. The van der Waals surface area contributed by atoms with Gasteiger partial charge in [0.05, 0.1) is 22.6 Å². The summed E-state index contributed by atoms with van der Waals surface area (Å²) in [6.45, 7) is 2.31. The quantitative estimate of drug-likeness (QED) is 0.357. The highest BCUT2D eigenvalue weighted by atomic mass is 35.5. The highest BCUT2D eigenvalue weighted by molar-refractivity contribution is 7.98. The number of halogens is 2. The summed E-state index contributed by atoms with van der Waals surface area (Å²) in [5.41, 5.74) is 3.56. The number of aromatic nitrogens is 5. The average Bonchev–Trinajstić information content (AvgIpc) is 3.35. The number of hydrogen-bond donors (Lipinski definition) is 0. The number of amides is 1. The van der Waals surface area contributed by atoms with E-state index in [2.05, 4.69) is 15.1 Å². The molecule has 1 aromatic carbocycles. The number of thioether (sulfide) groups is 1. The molecule has 0 spiro atoms. The van der Waals surface area contributed by atoms with E-state index in [1.54, 1.807) is 57.9 Å². The summed E-state index contributed by atoms with van der Waals surface area (Å²) in [4.78, 5) is 23.8. The van der Waals surface area contributed by atoms with Gasteiger partial charge in [-0.05, 0) is 43.3 Å². The van der Waals surface area contributed by atoms with Crippen LogP contribution in [0.3, 0.4) is 0 Å². The summed E-state index contributed by atoms with van der Waals surface area (Å²) in [5, 5.41) is 5.48. The zero-order chi connectivity index (χ0) is 23.5. The van der Waals surface area contributed by atoms with E-state index in [1.165, 1.54) is 23.9 Å². The Morgan fingerprint density at radius 3 is 2.64 bits per heavy atom. The Bertz CT molecular complexity index is 1290. The molecule has 0 unspecified atom stereocenters. The third-order valence-electron chi connectivity index (χ3n) is 5.08. The molecule has 3 heterocycles. The van der Waals surface area contributed by atoms with E-state index < -0.39 is 0 Å². The van der Waals surface area contributed by atoms with E-state index in [0.29, 0.717) is 33.9 Å². The Balaban J connectivity index is 1.65. The molecule has 0 saturated carbocycles. The van der Waals surface area contributed by atoms with Crippen molar-refractivity contribution in [2.24, 2.45) is 7.05 Å². The molecule has 33 heavy (non-hydrogen) atoms. The Hall–Kier alpha value is -3.17. The number of carbonyl (C=O) groups excluding carboxylic acids is 1. The van der Waals surface area contributed by atoms with Gasteiger partial charge in [-0.3, -0.25) is 19.0 Å². The molecule has 0 fully saturated rings. The van der Waals surface area contributed by atoms with Gasteiger partial charge in [0, 0.05) is 50.0 Å². The lowest BCUT2D eigenvalue weighted by molar-refractivity contribution is 0.0776. The minimum atomic E-state index is -0.356. The molecule has 0 N–H and O–H groups in total. The smallest absolute Gasteiger partial charge is 0.272 e. The number of hydrogen-bond acceptors (Lipinski definition) is 5. The molecule has 3 aromatic heterocycles. The van der Waals surface area contributed by atoms with Crippen molar-refractivity contribution in [1.29, 1.82) is 0 Å². The molecular formula is C23H22ClFN6OS. The fourth-order valence-electron chi connectivity index (χ4n) is 3.41. The SMILES string of the molecule is Cc1nn(C)cc1CN(C)C(=O)c1cnc(SCc2ncccc2Cl)n1-c1ccc(F)cc1. The van der Waals surface area contributed by atoms with Gasteiger partial charge in [-0.25, -0.2) is 9.37 Å². The first-order valence-corrected chi connectivity index (χ1v) is 11.5. The lowest BCUT2D eigenvalue weighted by atomic mass is 10.2. The van der Waals surface area contributed by atoms with Gasteiger partial charge in [-0.1, -0.05) is 23.4 Å². The number of carbonyl (C=O) groups is 1. The van der Waals surface area contributed by atoms with Gasteiger partial charge in [0.25, 0.3) is 5.91 Å². The second-order valence-electron chi connectivity index (χ2n) is 7.53. The normalized spacial score (nSPS) is 11.1. The third-order valence-corrected chi connectivity index (χ3v) is 6.38. The van der Waals surface area contributed by atoms with E-state index in [9.17, 15) is 9.18 Å². The molecule has 0 radical (unpaired) electrons. The fourth-order valence-corrected chi connectivity index (χ4v) is 4.64. The van der Waals surface area contributed by atoms with Crippen molar-refractivity contribution >= 4 is 29.3 Å². The van der Waals surface area contributed by atoms with Gasteiger partial charge in [-0.2, -0.15) is 5.10 Å². The number of nitrogens with zero attached hydrogens (tertiary/aromatic N) is 6. The molecule has 0 bridgehead atoms. The van der Waals surface area contributed by atoms with Crippen molar-refractivity contribution in [1.82, 2.24) is 29.2 Å². The van der Waals surface area contributed by atoms with E-state index in [4.69, 9.17) is 11.6 Å². The Kier molecular flexibility index (Phi) is 6.80. The largest absolute Gasteiger partial charge is 0.336 e. The number of imidazole rings is 1. The first kappa shape index (κ1) is 23.0. The van der Waals surface area contributed by atoms with Gasteiger partial charge in [-0.15, -0.1) is 0 Å². The van der Waals surface area contributed by atoms with Crippen LogP contribution in [0.2, 0.25) is 5.02 Å². The Morgan fingerprint density at radius 1 is 1.21 bits per heavy atom. The highest BCUT2D eigenvalue weighted by Gasteiger charge is 2.22. The van der Waals surface area contributed by atoms with E-state index in [0.717, 1.165) is 17.0 Å². The van der Waals surface area contributed by atoms with Crippen LogP contribution in [0, 0.1) is 12.7 Å².